The lowest BCUT2D eigenvalue weighted by Gasteiger charge is -2.17. The molecule has 4 heteroatoms. The van der Waals surface area contributed by atoms with Gasteiger partial charge >= 0.3 is 5.97 Å². The van der Waals surface area contributed by atoms with Crippen molar-refractivity contribution in [1.29, 1.82) is 0 Å². The summed E-state index contributed by atoms with van der Waals surface area (Å²) < 4.78 is 4.91. The number of carbonyl (C=O) groups excluding carboxylic acids is 2. The van der Waals surface area contributed by atoms with Gasteiger partial charge in [0.05, 0.1) is 6.10 Å². The summed E-state index contributed by atoms with van der Waals surface area (Å²) in [5.74, 6) is 1.73. The van der Waals surface area contributed by atoms with E-state index >= 15 is 0 Å². The molecule has 0 aliphatic heterocycles. The van der Waals surface area contributed by atoms with E-state index in [2.05, 4.69) is 5.92 Å². The molecule has 4 nitrogen and oxygen atoms in total. The summed E-state index contributed by atoms with van der Waals surface area (Å²) in [5.41, 5.74) is 0. The monoisotopic (exact) mass is 240 g/mol. The van der Waals surface area contributed by atoms with Crippen molar-refractivity contribution in [1.82, 2.24) is 0 Å². The predicted octanol–water partition coefficient (Wildman–Crippen LogP) is 1.31. The van der Waals surface area contributed by atoms with Gasteiger partial charge in [-0.25, -0.2) is 0 Å². The van der Waals surface area contributed by atoms with Crippen molar-refractivity contribution in [2.75, 3.05) is 0 Å². The summed E-state index contributed by atoms with van der Waals surface area (Å²) in [4.78, 5) is 21.9. The number of aliphatic hydroxyl groups excluding tert-OH is 1. The second-order valence-corrected chi connectivity index (χ2v) is 4.54. The third-order valence-electron chi connectivity index (χ3n) is 2.08. The smallest absolute Gasteiger partial charge is 0.314 e. The first-order valence-electron chi connectivity index (χ1n) is 5.68. The minimum atomic E-state index is -0.768. The summed E-state index contributed by atoms with van der Waals surface area (Å²) in [7, 11) is 0. The second-order valence-electron chi connectivity index (χ2n) is 4.54. The van der Waals surface area contributed by atoms with Crippen LogP contribution in [0.3, 0.4) is 0 Å². The van der Waals surface area contributed by atoms with Gasteiger partial charge in [-0.05, 0) is 19.3 Å². The number of Topliss-reactive ketones (excluding diaryl/α,β-unsaturated/α-hetero) is 1. The molecule has 0 bridgehead atoms. The van der Waals surface area contributed by atoms with Crippen LogP contribution in [0, 0.1) is 18.3 Å². The molecule has 96 valence electrons. The Morgan fingerprint density at radius 2 is 1.94 bits per heavy atom. The van der Waals surface area contributed by atoms with Gasteiger partial charge in [0.1, 0.15) is 12.2 Å². The number of hydrogen-bond acceptors (Lipinski definition) is 4. The SMILES string of the molecule is C#C[C@H](C[C@H](O)CC(C)C)OC(=O)CC(C)=O. The lowest BCUT2D eigenvalue weighted by molar-refractivity contribution is -0.149. The first-order valence-corrected chi connectivity index (χ1v) is 5.68. The molecule has 0 aliphatic rings. The molecule has 0 saturated carbocycles. The Balaban J connectivity index is 4.12. The number of ether oxygens (including phenoxy) is 1. The number of carbonyl (C=O) groups is 2. The molecular formula is C13H20O4. The Labute approximate surface area is 102 Å². The molecule has 0 heterocycles. The van der Waals surface area contributed by atoms with Crippen LogP contribution in [0.1, 0.15) is 40.0 Å². The molecule has 0 fully saturated rings. The van der Waals surface area contributed by atoms with Crippen molar-refractivity contribution < 1.29 is 19.4 Å². The van der Waals surface area contributed by atoms with Gasteiger partial charge in [-0.15, -0.1) is 6.42 Å². The van der Waals surface area contributed by atoms with Gasteiger partial charge in [-0.1, -0.05) is 19.8 Å². The second kappa shape index (κ2) is 7.86. The minimum Gasteiger partial charge on any atom is -0.449 e. The summed E-state index contributed by atoms with van der Waals surface area (Å²) in [6.45, 7) is 5.27. The molecule has 0 aliphatic carbocycles. The molecule has 0 saturated heterocycles. The van der Waals surface area contributed by atoms with Gasteiger partial charge in [-0.3, -0.25) is 9.59 Å². The van der Waals surface area contributed by atoms with Gasteiger partial charge in [-0.2, -0.15) is 0 Å². The molecule has 0 aromatic carbocycles. The molecule has 17 heavy (non-hydrogen) atoms. The van der Waals surface area contributed by atoms with Crippen LogP contribution in [0.2, 0.25) is 0 Å². The van der Waals surface area contributed by atoms with Crippen LogP contribution in [0.25, 0.3) is 0 Å². The van der Waals surface area contributed by atoms with Gasteiger partial charge in [0.2, 0.25) is 0 Å². The minimum absolute atomic E-state index is 0.207. The first-order chi connectivity index (χ1) is 7.85. The lowest BCUT2D eigenvalue weighted by Crippen LogP contribution is -2.24. The number of ketones is 1. The maximum atomic E-state index is 11.2. The summed E-state index contributed by atoms with van der Waals surface area (Å²) >= 11 is 0. The number of terminal acetylenes is 1. The Morgan fingerprint density at radius 1 is 1.35 bits per heavy atom. The van der Waals surface area contributed by atoms with Crippen molar-refractivity contribution in [3.05, 3.63) is 0 Å². The average Bonchev–Trinajstić information content (AvgIpc) is 2.13. The maximum absolute atomic E-state index is 11.2. The molecule has 2 atom stereocenters. The van der Waals surface area contributed by atoms with Crippen LogP contribution in [0.4, 0.5) is 0 Å². The van der Waals surface area contributed by atoms with Crippen LogP contribution < -0.4 is 0 Å². The summed E-state index contributed by atoms with van der Waals surface area (Å²) in [6.07, 6.45) is 4.37. The Hall–Kier alpha value is -1.34. The van der Waals surface area contributed by atoms with Gasteiger partial charge < -0.3 is 9.84 Å². The van der Waals surface area contributed by atoms with E-state index in [1.807, 2.05) is 13.8 Å². The highest BCUT2D eigenvalue weighted by atomic mass is 16.5. The fraction of sp³-hybridized carbons (Fsp3) is 0.692. The zero-order valence-corrected chi connectivity index (χ0v) is 10.6. The highest BCUT2D eigenvalue weighted by Gasteiger charge is 2.18. The molecule has 0 radical (unpaired) electrons. The normalized spacial score (nSPS) is 13.9. The highest BCUT2D eigenvalue weighted by Crippen LogP contribution is 2.12. The van der Waals surface area contributed by atoms with E-state index in [0.717, 1.165) is 0 Å². The summed E-state index contributed by atoms with van der Waals surface area (Å²) in [5, 5.41) is 9.66. The fourth-order valence-corrected chi connectivity index (χ4v) is 1.44. The largest absolute Gasteiger partial charge is 0.449 e. The standard InChI is InChI=1S/C13H20O4/c1-5-12(8-11(15)6-9(2)3)17-13(16)7-10(4)14/h1,9,11-12,15H,6-8H2,2-4H3/t11-,12-/m1/s1. The number of hydrogen-bond donors (Lipinski definition) is 1. The zero-order chi connectivity index (χ0) is 13.4. The Morgan fingerprint density at radius 3 is 2.35 bits per heavy atom. The molecule has 0 spiro atoms. The molecule has 0 amide bonds. The first kappa shape index (κ1) is 15.7. The van der Waals surface area contributed by atoms with Crippen molar-refractivity contribution in [2.24, 2.45) is 5.92 Å². The number of rotatable bonds is 7. The topological polar surface area (TPSA) is 63.6 Å². The van der Waals surface area contributed by atoms with E-state index in [-0.39, 0.29) is 18.6 Å². The van der Waals surface area contributed by atoms with Crippen LogP contribution >= 0.6 is 0 Å². The van der Waals surface area contributed by atoms with E-state index in [1.165, 1.54) is 6.92 Å². The van der Waals surface area contributed by atoms with Crippen molar-refractivity contribution >= 4 is 11.8 Å². The Bertz CT molecular complexity index is 301. The number of esters is 1. The number of aliphatic hydroxyl groups is 1. The van der Waals surface area contributed by atoms with E-state index < -0.39 is 18.2 Å². The van der Waals surface area contributed by atoms with E-state index in [4.69, 9.17) is 11.2 Å². The maximum Gasteiger partial charge on any atom is 0.314 e. The molecule has 0 aromatic rings. The molecule has 1 N–H and O–H groups in total. The molecular weight excluding hydrogens is 220 g/mol. The van der Waals surface area contributed by atoms with Crippen molar-refractivity contribution in [3.8, 4) is 12.3 Å². The van der Waals surface area contributed by atoms with Crippen LogP contribution in [0.5, 0.6) is 0 Å². The van der Waals surface area contributed by atoms with E-state index in [1.54, 1.807) is 0 Å². The van der Waals surface area contributed by atoms with Crippen LogP contribution in [-0.4, -0.2) is 29.1 Å². The molecule has 0 unspecified atom stereocenters. The van der Waals surface area contributed by atoms with Gasteiger partial charge in [0, 0.05) is 6.42 Å². The Kier molecular flexibility index (Phi) is 7.24. The fourth-order valence-electron chi connectivity index (χ4n) is 1.44. The van der Waals surface area contributed by atoms with Crippen LogP contribution in [0.15, 0.2) is 0 Å². The zero-order valence-electron chi connectivity index (χ0n) is 10.6. The van der Waals surface area contributed by atoms with Crippen molar-refractivity contribution in [3.63, 3.8) is 0 Å². The van der Waals surface area contributed by atoms with Crippen molar-refractivity contribution in [2.45, 2.75) is 52.2 Å². The van der Waals surface area contributed by atoms with E-state index in [0.29, 0.717) is 12.3 Å². The molecule has 0 rings (SSSR count). The third-order valence-corrected chi connectivity index (χ3v) is 2.08. The average molecular weight is 240 g/mol. The predicted molar refractivity (Wildman–Crippen MR) is 64.1 cm³/mol. The highest BCUT2D eigenvalue weighted by molar-refractivity contribution is 5.94. The summed E-state index contributed by atoms with van der Waals surface area (Å²) in [6, 6.07) is 0. The van der Waals surface area contributed by atoms with E-state index in [9.17, 15) is 14.7 Å². The quantitative estimate of drug-likeness (QED) is 0.414. The van der Waals surface area contributed by atoms with Crippen LogP contribution in [-0.2, 0) is 14.3 Å². The third kappa shape index (κ3) is 8.47. The lowest BCUT2D eigenvalue weighted by atomic mass is 10.0. The van der Waals surface area contributed by atoms with Gasteiger partial charge in [0.25, 0.3) is 0 Å². The van der Waals surface area contributed by atoms with Gasteiger partial charge in [0.15, 0.2) is 6.10 Å². The molecule has 0 aromatic heterocycles.